The summed E-state index contributed by atoms with van der Waals surface area (Å²) in [5.74, 6) is -0.570. The second-order valence-electron chi connectivity index (χ2n) is 7.85. The van der Waals surface area contributed by atoms with E-state index in [0.717, 1.165) is 44.0 Å². The van der Waals surface area contributed by atoms with Crippen molar-refractivity contribution in [2.75, 3.05) is 49.5 Å². The number of nitrogens with zero attached hydrogens (tertiary/aromatic N) is 2. The molecule has 1 fully saturated rings. The predicted molar refractivity (Wildman–Crippen MR) is 115 cm³/mol. The molecule has 0 spiro atoms. The lowest BCUT2D eigenvalue weighted by molar-refractivity contribution is -0.126. The lowest BCUT2D eigenvalue weighted by Gasteiger charge is -2.36. The lowest BCUT2D eigenvalue weighted by atomic mass is 9.90. The number of benzene rings is 2. The van der Waals surface area contributed by atoms with Crippen molar-refractivity contribution in [3.8, 4) is 0 Å². The largest absolute Gasteiger partial charge is 0.369 e. The maximum absolute atomic E-state index is 12.7. The van der Waals surface area contributed by atoms with Gasteiger partial charge in [0.15, 0.2) is 0 Å². The standard InChI is InChI=1S/C23H28N4O2/c1-17-5-4-6-18(15-17)27-13-11-26(12-14-27)10-9-24-23(29)20-16-22(28)25-21-8-3-2-7-19(20)21/h2-8,15,20H,9-14,16H2,1H3,(H,24,29)(H,25,28). The number of amides is 2. The quantitative estimate of drug-likeness (QED) is 0.820. The Balaban J connectivity index is 1.25. The van der Waals surface area contributed by atoms with Crippen LogP contribution in [0.3, 0.4) is 0 Å². The molecule has 4 rings (SSSR count). The van der Waals surface area contributed by atoms with Crippen LogP contribution < -0.4 is 15.5 Å². The summed E-state index contributed by atoms with van der Waals surface area (Å²) in [5.41, 5.74) is 4.21. The molecule has 2 heterocycles. The summed E-state index contributed by atoms with van der Waals surface area (Å²) in [6.07, 6.45) is 0.206. The van der Waals surface area contributed by atoms with Crippen LogP contribution in [0.15, 0.2) is 48.5 Å². The minimum atomic E-state index is -0.405. The monoisotopic (exact) mass is 392 g/mol. The number of hydrogen-bond donors (Lipinski definition) is 2. The summed E-state index contributed by atoms with van der Waals surface area (Å²) >= 11 is 0. The average molecular weight is 393 g/mol. The first-order chi connectivity index (χ1) is 14.1. The molecule has 6 heteroatoms. The second-order valence-corrected chi connectivity index (χ2v) is 7.85. The second kappa shape index (κ2) is 8.66. The molecular formula is C23H28N4O2. The third-order valence-corrected chi connectivity index (χ3v) is 5.78. The molecule has 1 saturated heterocycles. The van der Waals surface area contributed by atoms with Gasteiger partial charge in [0.05, 0.1) is 5.92 Å². The number of nitrogens with one attached hydrogen (secondary N) is 2. The fourth-order valence-corrected chi connectivity index (χ4v) is 4.16. The minimum absolute atomic E-state index is 0.0642. The molecule has 1 unspecified atom stereocenters. The predicted octanol–water partition coefficient (Wildman–Crippen LogP) is 2.36. The van der Waals surface area contributed by atoms with Crippen molar-refractivity contribution in [2.24, 2.45) is 0 Å². The first kappa shape index (κ1) is 19.5. The third-order valence-electron chi connectivity index (χ3n) is 5.78. The topological polar surface area (TPSA) is 64.7 Å². The molecule has 2 N–H and O–H groups in total. The van der Waals surface area contributed by atoms with E-state index in [1.165, 1.54) is 11.3 Å². The SMILES string of the molecule is Cc1cccc(N2CCN(CCNC(=O)C3CC(=O)Nc4ccccc43)CC2)c1. The van der Waals surface area contributed by atoms with Crippen LogP contribution in [0.5, 0.6) is 0 Å². The normalized spacial score (nSPS) is 19.4. The van der Waals surface area contributed by atoms with Gasteiger partial charge in [0, 0.05) is 57.1 Å². The highest BCUT2D eigenvalue weighted by Crippen LogP contribution is 2.31. The molecular weight excluding hydrogens is 364 g/mol. The third kappa shape index (κ3) is 4.59. The van der Waals surface area contributed by atoms with E-state index >= 15 is 0 Å². The maximum atomic E-state index is 12.7. The van der Waals surface area contributed by atoms with Crippen LogP contribution in [-0.2, 0) is 9.59 Å². The van der Waals surface area contributed by atoms with Crippen LogP contribution in [-0.4, -0.2) is 56.0 Å². The van der Waals surface area contributed by atoms with Gasteiger partial charge in [0.2, 0.25) is 11.8 Å². The zero-order chi connectivity index (χ0) is 20.2. The number of piperazine rings is 1. The zero-order valence-corrected chi connectivity index (χ0v) is 16.9. The molecule has 2 aliphatic heterocycles. The van der Waals surface area contributed by atoms with Crippen molar-refractivity contribution >= 4 is 23.2 Å². The van der Waals surface area contributed by atoms with E-state index < -0.39 is 5.92 Å². The van der Waals surface area contributed by atoms with Crippen molar-refractivity contribution in [1.82, 2.24) is 10.2 Å². The first-order valence-corrected chi connectivity index (χ1v) is 10.3. The Bertz CT molecular complexity index is 890. The summed E-state index contributed by atoms with van der Waals surface area (Å²) in [5, 5.41) is 5.88. The number of aryl methyl sites for hydroxylation is 1. The fourth-order valence-electron chi connectivity index (χ4n) is 4.16. The van der Waals surface area contributed by atoms with Crippen molar-refractivity contribution < 1.29 is 9.59 Å². The molecule has 2 aromatic carbocycles. The highest BCUT2D eigenvalue weighted by atomic mass is 16.2. The molecule has 1 atom stereocenters. The molecule has 152 valence electrons. The van der Waals surface area contributed by atoms with Crippen LogP contribution >= 0.6 is 0 Å². The molecule has 0 radical (unpaired) electrons. The Morgan fingerprint density at radius 1 is 1.10 bits per heavy atom. The molecule has 2 aromatic rings. The molecule has 29 heavy (non-hydrogen) atoms. The highest BCUT2D eigenvalue weighted by molar-refractivity contribution is 6.01. The highest BCUT2D eigenvalue weighted by Gasteiger charge is 2.30. The maximum Gasteiger partial charge on any atom is 0.228 e. The van der Waals surface area contributed by atoms with Gasteiger partial charge in [-0.3, -0.25) is 14.5 Å². The number of fused-ring (bicyclic) bond motifs is 1. The van der Waals surface area contributed by atoms with Gasteiger partial charge in [-0.05, 0) is 36.2 Å². The van der Waals surface area contributed by atoms with E-state index in [1.54, 1.807) is 0 Å². The van der Waals surface area contributed by atoms with E-state index in [-0.39, 0.29) is 18.2 Å². The number of para-hydroxylation sites is 1. The Morgan fingerprint density at radius 3 is 2.69 bits per heavy atom. The Labute approximate surface area is 171 Å². The molecule has 0 bridgehead atoms. The Kier molecular flexibility index (Phi) is 5.81. The zero-order valence-electron chi connectivity index (χ0n) is 16.9. The summed E-state index contributed by atoms with van der Waals surface area (Å²) < 4.78 is 0. The summed E-state index contributed by atoms with van der Waals surface area (Å²) in [6.45, 7) is 7.51. The van der Waals surface area contributed by atoms with Gasteiger partial charge < -0.3 is 15.5 Å². The van der Waals surface area contributed by atoms with Crippen LogP contribution in [0.25, 0.3) is 0 Å². The summed E-state index contributed by atoms with van der Waals surface area (Å²) in [4.78, 5) is 29.4. The van der Waals surface area contributed by atoms with E-state index in [1.807, 2.05) is 24.3 Å². The molecule has 0 aliphatic carbocycles. The van der Waals surface area contributed by atoms with Crippen LogP contribution in [0, 0.1) is 6.92 Å². The van der Waals surface area contributed by atoms with Crippen molar-refractivity contribution in [1.29, 1.82) is 0 Å². The van der Waals surface area contributed by atoms with Gasteiger partial charge in [-0.2, -0.15) is 0 Å². The lowest BCUT2D eigenvalue weighted by Crippen LogP contribution is -2.48. The van der Waals surface area contributed by atoms with E-state index in [2.05, 4.69) is 51.6 Å². The van der Waals surface area contributed by atoms with Gasteiger partial charge in [-0.15, -0.1) is 0 Å². The summed E-state index contributed by atoms with van der Waals surface area (Å²) in [6, 6.07) is 16.2. The number of carbonyl (C=O) groups excluding carboxylic acids is 2. The van der Waals surface area contributed by atoms with Crippen LogP contribution in [0.1, 0.15) is 23.5 Å². The van der Waals surface area contributed by atoms with Crippen molar-refractivity contribution in [3.63, 3.8) is 0 Å². The van der Waals surface area contributed by atoms with Gasteiger partial charge in [0.25, 0.3) is 0 Å². The first-order valence-electron chi connectivity index (χ1n) is 10.3. The molecule has 6 nitrogen and oxygen atoms in total. The number of hydrogen-bond acceptors (Lipinski definition) is 4. The van der Waals surface area contributed by atoms with Gasteiger partial charge in [0.1, 0.15) is 0 Å². The van der Waals surface area contributed by atoms with Gasteiger partial charge >= 0.3 is 0 Å². The smallest absolute Gasteiger partial charge is 0.228 e. The molecule has 0 saturated carbocycles. The number of anilines is 2. The summed E-state index contributed by atoms with van der Waals surface area (Å²) in [7, 11) is 0. The van der Waals surface area contributed by atoms with Crippen LogP contribution in [0.2, 0.25) is 0 Å². The van der Waals surface area contributed by atoms with Crippen molar-refractivity contribution in [3.05, 3.63) is 59.7 Å². The van der Waals surface area contributed by atoms with E-state index in [4.69, 9.17) is 0 Å². The van der Waals surface area contributed by atoms with Gasteiger partial charge in [-0.1, -0.05) is 30.3 Å². The molecule has 0 aromatic heterocycles. The van der Waals surface area contributed by atoms with E-state index in [9.17, 15) is 9.59 Å². The van der Waals surface area contributed by atoms with Crippen LogP contribution in [0.4, 0.5) is 11.4 Å². The number of rotatable bonds is 5. The van der Waals surface area contributed by atoms with Gasteiger partial charge in [-0.25, -0.2) is 0 Å². The molecule has 2 aliphatic rings. The fraction of sp³-hybridized carbons (Fsp3) is 0.391. The Hall–Kier alpha value is -2.86. The Morgan fingerprint density at radius 2 is 1.90 bits per heavy atom. The minimum Gasteiger partial charge on any atom is -0.369 e. The van der Waals surface area contributed by atoms with Crippen molar-refractivity contribution in [2.45, 2.75) is 19.3 Å². The van der Waals surface area contributed by atoms with E-state index in [0.29, 0.717) is 6.54 Å². The number of carbonyl (C=O) groups is 2. The molecule has 2 amide bonds. The average Bonchev–Trinajstić information content (AvgIpc) is 2.73.